The highest BCUT2D eigenvalue weighted by molar-refractivity contribution is 7.99. The first kappa shape index (κ1) is 23.9. The zero-order valence-corrected chi connectivity index (χ0v) is 18.8. The van der Waals surface area contributed by atoms with Gasteiger partial charge in [0.05, 0.1) is 5.75 Å². The van der Waals surface area contributed by atoms with Crippen molar-refractivity contribution in [3.8, 4) is 0 Å². The molecule has 0 saturated carbocycles. The molecule has 2 aromatic carbocycles. The molecule has 0 aliphatic rings. The number of rotatable bonds is 11. The van der Waals surface area contributed by atoms with Crippen LogP contribution in [0.1, 0.15) is 43.4 Å². The van der Waals surface area contributed by atoms with Crippen molar-refractivity contribution in [1.29, 1.82) is 0 Å². The standard InChI is InChI=1S/C24H31FN2O2S/c1-4-13-26-24(29)22(5-2)27(15-20-8-6-7-18(3)14-20)23(28)17-30-16-19-9-11-21(25)12-10-19/h6-12,14,22H,4-5,13,15-17H2,1-3H3,(H,26,29)/t22-/m0/s1. The minimum atomic E-state index is -0.504. The molecule has 6 heteroatoms. The van der Waals surface area contributed by atoms with E-state index in [1.807, 2.05) is 45.0 Å². The van der Waals surface area contributed by atoms with Crippen LogP contribution < -0.4 is 5.32 Å². The van der Waals surface area contributed by atoms with Gasteiger partial charge in [0, 0.05) is 18.8 Å². The number of hydrogen-bond donors (Lipinski definition) is 1. The number of carbonyl (C=O) groups is 2. The summed E-state index contributed by atoms with van der Waals surface area (Å²) in [7, 11) is 0. The molecular weight excluding hydrogens is 399 g/mol. The summed E-state index contributed by atoms with van der Waals surface area (Å²) in [5.74, 6) is 0.434. The summed E-state index contributed by atoms with van der Waals surface area (Å²) in [6.45, 7) is 6.94. The Morgan fingerprint density at radius 2 is 1.83 bits per heavy atom. The number of thioether (sulfide) groups is 1. The zero-order valence-electron chi connectivity index (χ0n) is 18.0. The smallest absolute Gasteiger partial charge is 0.242 e. The molecule has 1 N–H and O–H groups in total. The van der Waals surface area contributed by atoms with Gasteiger partial charge in [-0.2, -0.15) is 0 Å². The van der Waals surface area contributed by atoms with Crippen molar-refractivity contribution in [1.82, 2.24) is 10.2 Å². The number of carbonyl (C=O) groups excluding carboxylic acids is 2. The first-order chi connectivity index (χ1) is 14.4. The Balaban J connectivity index is 2.10. The van der Waals surface area contributed by atoms with Crippen LogP contribution in [-0.4, -0.2) is 35.1 Å². The van der Waals surface area contributed by atoms with Crippen molar-refractivity contribution in [2.24, 2.45) is 0 Å². The number of nitrogens with one attached hydrogen (secondary N) is 1. The molecule has 2 amide bonds. The summed E-state index contributed by atoms with van der Waals surface area (Å²) >= 11 is 1.47. The topological polar surface area (TPSA) is 49.4 Å². The molecule has 0 unspecified atom stereocenters. The average molecular weight is 431 g/mol. The van der Waals surface area contributed by atoms with Gasteiger partial charge in [-0.05, 0) is 43.0 Å². The Morgan fingerprint density at radius 3 is 2.47 bits per heavy atom. The van der Waals surface area contributed by atoms with Crippen molar-refractivity contribution in [3.63, 3.8) is 0 Å². The van der Waals surface area contributed by atoms with Gasteiger partial charge in [-0.1, -0.05) is 55.8 Å². The molecule has 0 aliphatic carbocycles. The van der Waals surface area contributed by atoms with E-state index >= 15 is 0 Å². The summed E-state index contributed by atoms with van der Waals surface area (Å²) in [4.78, 5) is 27.5. The number of amides is 2. The fraction of sp³-hybridized carbons (Fsp3) is 0.417. The molecule has 30 heavy (non-hydrogen) atoms. The molecule has 0 aliphatic heterocycles. The van der Waals surface area contributed by atoms with E-state index in [4.69, 9.17) is 0 Å². The monoisotopic (exact) mass is 430 g/mol. The van der Waals surface area contributed by atoms with Crippen LogP contribution in [0.4, 0.5) is 4.39 Å². The van der Waals surface area contributed by atoms with Crippen LogP contribution in [0.5, 0.6) is 0 Å². The Bertz CT molecular complexity index is 826. The van der Waals surface area contributed by atoms with E-state index in [0.29, 0.717) is 25.3 Å². The molecule has 0 saturated heterocycles. The molecule has 0 bridgehead atoms. The van der Waals surface area contributed by atoms with Gasteiger partial charge in [-0.15, -0.1) is 11.8 Å². The van der Waals surface area contributed by atoms with Gasteiger partial charge in [0.25, 0.3) is 0 Å². The highest BCUT2D eigenvalue weighted by Crippen LogP contribution is 2.18. The lowest BCUT2D eigenvalue weighted by atomic mass is 10.1. The fourth-order valence-corrected chi connectivity index (χ4v) is 4.08. The Kier molecular flexibility index (Phi) is 9.87. The van der Waals surface area contributed by atoms with Gasteiger partial charge < -0.3 is 10.2 Å². The Labute approximate surface area is 183 Å². The van der Waals surface area contributed by atoms with Crippen LogP contribution in [-0.2, 0) is 21.9 Å². The average Bonchev–Trinajstić information content (AvgIpc) is 2.73. The Hall–Kier alpha value is -2.34. The van der Waals surface area contributed by atoms with E-state index in [0.717, 1.165) is 23.1 Å². The summed E-state index contributed by atoms with van der Waals surface area (Å²) in [6.07, 6.45) is 1.40. The largest absolute Gasteiger partial charge is 0.354 e. The molecule has 0 heterocycles. The van der Waals surface area contributed by atoms with E-state index < -0.39 is 6.04 Å². The highest BCUT2D eigenvalue weighted by Gasteiger charge is 2.28. The minimum Gasteiger partial charge on any atom is -0.354 e. The quantitative estimate of drug-likeness (QED) is 0.562. The zero-order chi connectivity index (χ0) is 21.9. The molecule has 0 spiro atoms. The van der Waals surface area contributed by atoms with Crippen LogP contribution in [0.2, 0.25) is 0 Å². The lowest BCUT2D eigenvalue weighted by molar-refractivity contribution is -0.139. The predicted octanol–water partition coefficient (Wildman–Crippen LogP) is 4.70. The summed E-state index contributed by atoms with van der Waals surface area (Å²) in [5, 5.41) is 2.93. The van der Waals surface area contributed by atoms with E-state index in [-0.39, 0.29) is 23.4 Å². The second kappa shape index (κ2) is 12.4. The first-order valence-electron chi connectivity index (χ1n) is 10.4. The minimum absolute atomic E-state index is 0.0675. The molecule has 1 atom stereocenters. The maximum atomic E-state index is 13.1. The third kappa shape index (κ3) is 7.48. The van der Waals surface area contributed by atoms with E-state index in [2.05, 4.69) is 5.32 Å². The number of halogens is 1. The number of nitrogens with zero attached hydrogens (tertiary/aromatic N) is 1. The SMILES string of the molecule is CCCNC(=O)[C@H](CC)N(Cc1cccc(C)c1)C(=O)CSCc1ccc(F)cc1. The summed E-state index contributed by atoms with van der Waals surface area (Å²) in [5.41, 5.74) is 3.09. The van der Waals surface area contributed by atoms with Crippen LogP contribution in [0.25, 0.3) is 0 Å². The summed E-state index contributed by atoms with van der Waals surface area (Å²) < 4.78 is 13.1. The molecule has 0 radical (unpaired) electrons. The normalized spacial score (nSPS) is 11.7. The molecule has 0 fully saturated rings. The molecule has 4 nitrogen and oxygen atoms in total. The van der Waals surface area contributed by atoms with E-state index in [1.54, 1.807) is 17.0 Å². The lowest BCUT2D eigenvalue weighted by Crippen LogP contribution is -2.49. The van der Waals surface area contributed by atoms with E-state index in [9.17, 15) is 14.0 Å². The molecule has 2 aromatic rings. The molecular formula is C24H31FN2O2S. The number of benzene rings is 2. The van der Waals surface area contributed by atoms with Crippen molar-refractivity contribution in [2.75, 3.05) is 12.3 Å². The van der Waals surface area contributed by atoms with E-state index in [1.165, 1.54) is 23.9 Å². The van der Waals surface area contributed by atoms with Gasteiger partial charge in [-0.3, -0.25) is 9.59 Å². The third-order valence-corrected chi connectivity index (χ3v) is 5.77. The number of aryl methyl sites for hydroxylation is 1. The second-order valence-electron chi connectivity index (χ2n) is 7.35. The summed E-state index contributed by atoms with van der Waals surface area (Å²) in [6, 6.07) is 13.8. The van der Waals surface area contributed by atoms with Crippen molar-refractivity contribution >= 4 is 23.6 Å². The predicted molar refractivity (Wildman–Crippen MR) is 122 cm³/mol. The van der Waals surface area contributed by atoms with Crippen molar-refractivity contribution in [2.45, 2.75) is 52.0 Å². The van der Waals surface area contributed by atoms with Gasteiger partial charge in [0.2, 0.25) is 11.8 Å². The van der Waals surface area contributed by atoms with Gasteiger partial charge in [-0.25, -0.2) is 4.39 Å². The van der Waals surface area contributed by atoms with Gasteiger partial charge >= 0.3 is 0 Å². The second-order valence-corrected chi connectivity index (χ2v) is 8.33. The van der Waals surface area contributed by atoms with Crippen LogP contribution in [0.3, 0.4) is 0 Å². The Morgan fingerprint density at radius 1 is 1.10 bits per heavy atom. The van der Waals surface area contributed by atoms with Gasteiger partial charge in [0.1, 0.15) is 11.9 Å². The third-order valence-electron chi connectivity index (χ3n) is 4.78. The van der Waals surface area contributed by atoms with Crippen molar-refractivity contribution in [3.05, 3.63) is 71.0 Å². The first-order valence-corrected chi connectivity index (χ1v) is 11.5. The van der Waals surface area contributed by atoms with Crippen molar-refractivity contribution < 1.29 is 14.0 Å². The molecule has 162 valence electrons. The van der Waals surface area contributed by atoms with Crippen LogP contribution >= 0.6 is 11.8 Å². The lowest BCUT2D eigenvalue weighted by Gasteiger charge is -2.30. The highest BCUT2D eigenvalue weighted by atomic mass is 32.2. The number of hydrogen-bond acceptors (Lipinski definition) is 3. The van der Waals surface area contributed by atoms with Crippen LogP contribution in [0.15, 0.2) is 48.5 Å². The fourth-order valence-electron chi connectivity index (χ4n) is 3.21. The molecule has 0 aromatic heterocycles. The van der Waals surface area contributed by atoms with Crippen LogP contribution in [0, 0.1) is 12.7 Å². The maximum Gasteiger partial charge on any atom is 0.242 e. The maximum absolute atomic E-state index is 13.1. The molecule has 2 rings (SSSR count). The van der Waals surface area contributed by atoms with Gasteiger partial charge in [0.15, 0.2) is 0 Å².